The molecule has 1 aliphatic rings. The lowest BCUT2D eigenvalue weighted by atomic mass is 9.90. The van der Waals surface area contributed by atoms with Crippen molar-refractivity contribution in [3.05, 3.63) is 71.4 Å². The molecule has 3 aromatic rings. The van der Waals surface area contributed by atoms with Crippen LogP contribution in [0.1, 0.15) is 16.8 Å². The highest BCUT2D eigenvalue weighted by molar-refractivity contribution is 5.92. The number of nitrogens with one attached hydrogen (secondary N) is 3. The minimum Gasteiger partial charge on any atom is -0.480 e. The van der Waals surface area contributed by atoms with Gasteiger partial charge in [-0.05, 0) is 30.0 Å². The van der Waals surface area contributed by atoms with Gasteiger partial charge in [-0.1, -0.05) is 48.5 Å². The summed E-state index contributed by atoms with van der Waals surface area (Å²) in [6, 6.07) is 14.8. The summed E-state index contributed by atoms with van der Waals surface area (Å²) in [6.07, 6.45) is 0.537. The number of H-pyrrole nitrogens is 1. The Balaban J connectivity index is 1.52. The van der Waals surface area contributed by atoms with Crippen molar-refractivity contribution in [2.45, 2.75) is 31.5 Å². The summed E-state index contributed by atoms with van der Waals surface area (Å²) in [4.78, 5) is 40.3. The molecule has 0 aliphatic carbocycles. The van der Waals surface area contributed by atoms with Gasteiger partial charge in [0.1, 0.15) is 6.04 Å². The molecule has 3 atom stereocenters. The standard InChI is InChI=1S/C23H24N4O4/c24-21(28)16(10-13-6-2-1-3-7-13)20(23(30)31)27-22(29)18-11-15-14-8-4-5-9-17(14)26-19(15)12-25-18/h1-9,16,18,20,25-26H,10-12H2,(H2,24,28)(H,27,29)(H,30,31)/t16?,18-,20+/m1/s1. The van der Waals surface area contributed by atoms with E-state index < -0.39 is 35.8 Å². The Morgan fingerprint density at radius 3 is 2.52 bits per heavy atom. The lowest BCUT2D eigenvalue weighted by Gasteiger charge is -2.27. The molecular weight excluding hydrogens is 396 g/mol. The Morgan fingerprint density at radius 1 is 1.10 bits per heavy atom. The number of carboxylic acid groups (broad SMARTS) is 1. The number of amides is 2. The molecule has 2 aromatic carbocycles. The minimum atomic E-state index is -1.42. The van der Waals surface area contributed by atoms with E-state index >= 15 is 0 Å². The molecule has 160 valence electrons. The maximum Gasteiger partial charge on any atom is 0.327 e. The molecule has 0 bridgehead atoms. The Bertz CT molecular complexity index is 1130. The normalized spacial score (nSPS) is 17.5. The molecule has 8 heteroatoms. The largest absolute Gasteiger partial charge is 0.480 e. The number of nitrogens with two attached hydrogens (primary N) is 1. The molecule has 0 saturated heterocycles. The Hall–Kier alpha value is -3.65. The third-order valence-electron chi connectivity index (χ3n) is 5.78. The number of carbonyl (C=O) groups is 3. The van der Waals surface area contributed by atoms with Gasteiger partial charge in [0.2, 0.25) is 11.8 Å². The molecule has 1 aromatic heterocycles. The molecule has 31 heavy (non-hydrogen) atoms. The zero-order valence-corrected chi connectivity index (χ0v) is 16.8. The van der Waals surface area contributed by atoms with E-state index in [9.17, 15) is 19.5 Å². The van der Waals surface area contributed by atoms with E-state index in [2.05, 4.69) is 15.6 Å². The van der Waals surface area contributed by atoms with Gasteiger partial charge >= 0.3 is 5.97 Å². The third kappa shape index (κ3) is 4.29. The average molecular weight is 420 g/mol. The summed E-state index contributed by atoms with van der Waals surface area (Å²) in [5, 5.41) is 16.5. The zero-order chi connectivity index (χ0) is 22.0. The number of aromatic nitrogens is 1. The van der Waals surface area contributed by atoms with Crippen molar-refractivity contribution in [2.75, 3.05) is 0 Å². The molecular formula is C23H24N4O4. The molecule has 1 unspecified atom stereocenters. The first kappa shape index (κ1) is 20.6. The maximum absolute atomic E-state index is 13.0. The SMILES string of the molecule is NC(=O)C(Cc1ccccc1)[C@H](NC(=O)[C@H]1Cc2c([nH]c3ccccc23)CN1)C(=O)O. The fourth-order valence-electron chi connectivity index (χ4n) is 4.17. The average Bonchev–Trinajstić information content (AvgIpc) is 3.14. The summed E-state index contributed by atoms with van der Waals surface area (Å²) in [5.41, 5.74) is 9.33. The van der Waals surface area contributed by atoms with Gasteiger partial charge in [-0.25, -0.2) is 4.79 Å². The van der Waals surface area contributed by atoms with Crippen LogP contribution in [0.15, 0.2) is 54.6 Å². The molecule has 0 spiro atoms. The third-order valence-corrected chi connectivity index (χ3v) is 5.78. The van der Waals surface area contributed by atoms with Gasteiger partial charge in [-0.3, -0.25) is 14.9 Å². The van der Waals surface area contributed by atoms with Crippen LogP contribution in [0.4, 0.5) is 0 Å². The number of fused-ring (bicyclic) bond motifs is 3. The number of carbonyl (C=O) groups excluding carboxylic acids is 2. The van der Waals surface area contributed by atoms with Gasteiger partial charge in [0.25, 0.3) is 0 Å². The van der Waals surface area contributed by atoms with Crippen molar-refractivity contribution in [1.82, 2.24) is 15.6 Å². The first-order valence-corrected chi connectivity index (χ1v) is 10.1. The summed E-state index contributed by atoms with van der Waals surface area (Å²) >= 11 is 0. The van der Waals surface area contributed by atoms with Gasteiger partial charge in [0, 0.05) is 23.1 Å². The Morgan fingerprint density at radius 2 is 1.81 bits per heavy atom. The maximum atomic E-state index is 13.0. The van der Waals surface area contributed by atoms with Crippen molar-refractivity contribution in [3.63, 3.8) is 0 Å². The fourth-order valence-corrected chi connectivity index (χ4v) is 4.17. The highest BCUT2D eigenvalue weighted by Gasteiger charge is 2.36. The first-order chi connectivity index (χ1) is 14.9. The van der Waals surface area contributed by atoms with Crippen molar-refractivity contribution in [2.24, 2.45) is 11.7 Å². The van der Waals surface area contributed by atoms with Crippen LogP contribution in [0.25, 0.3) is 10.9 Å². The molecule has 2 amide bonds. The van der Waals surface area contributed by atoms with E-state index in [1.807, 2.05) is 30.3 Å². The molecule has 0 saturated carbocycles. The van der Waals surface area contributed by atoms with E-state index in [0.29, 0.717) is 13.0 Å². The zero-order valence-electron chi connectivity index (χ0n) is 16.8. The molecule has 6 N–H and O–H groups in total. The smallest absolute Gasteiger partial charge is 0.327 e. The summed E-state index contributed by atoms with van der Waals surface area (Å²) in [7, 11) is 0. The van der Waals surface area contributed by atoms with Crippen LogP contribution < -0.4 is 16.4 Å². The fraction of sp³-hybridized carbons (Fsp3) is 0.261. The van der Waals surface area contributed by atoms with Crippen LogP contribution in [0, 0.1) is 5.92 Å². The molecule has 2 heterocycles. The van der Waals surface area contributed by atoms with Crippen molar-refractivity contribution >= 4 is 28.7 Å². The number of benzene rings is 2. The quantitative estimate of drug-likeness (QED) is 0.390. The molecule has 8 nitrogen and oxygen atoms in total. The molecule has 4 rings (SSSR count). The predicted molar refractivity (Wildman–Crippen MR) is 115 cm³/mol. The van der Waals surface area contributed by atoms with Crippen molar-refractivity contribution < 1.29 is 19.5 Å². The van der Waals surface area contributed by atoms with Crippen molar-refractivity contribution in [1.29, 1.82) is 0 Å². The number of hydrogen-bond acceptors (Lipinski definition) is 4. The topological polar surface area (TPSA) is 137 Å². The summed E-state index contributed by atoms with van der Waals surface area (Å²) in [5.74, 6) is -3.61. The molecule has 0 fully saturated rings. The van der Waals surface area contributed by atoms with Crippen LogP contribution >= 0.6 is 0 Å². The highest BCUT2D eigenvalue weighted by atomic mass is 16.4. The number of rotatable bonds is 7. The number of aromatic amines is 1. The second-order valence-electron chi connectivity index (χ2n) is 7.79. The Kier molecular flexibility index (Phi) is 5.73. The minimum absolute atomic E-state index is 0.123. The highest BCUT2D eigenvalue weighted by Crippen LogP contribution is 2.26. The van der Waals surface area contributed by atoms with Crippen LogP contribution in [0.3, 0.4) is 0 Å². The van der Waals surface area contributed by atoms with Crippen LogP contribution in [-0.4, -0.2) is 40.0 Å². The monoisotopic (exact) mass is 420 g/mol. The first-order valence-electron chi connectivity index (χ1n) is 10.1. The van der Waals surface area contributed by atoms with Crippen LogP contribution in [-0.2, 0) is 33.8 Å². The van der Waals surface area contributed by atoms with E-state index in [-0.39, 0.29) is 6.42 Å². The van der Waals surface area contributed by atoms with E-state index in [1.54, 1.807) is 24.3 Å². The number of carboxylic acids is 1. The second kappa shape index (κ2) is 8.61. The summed E-state index contributed by atoms with van der Waals surface area (Å²) in [6.45, 7) is 0.461. The van der Waals surface area contributed by atoms with Gasteiger partial charge in [-0.15, -0.1) is 0 Å². The van der Waals surface area contributed by atoms with Gasteiger partial charge in [0.05, 0.1) is 12.0 Å². The number of para-hydroxylation sites is 1. The van der Waals surface area contributed by atoms with E-state index in [1.165, 1.54) is 0 Å². The van der Waals surface area contributed by atoms with Gasteiger partial charge in [0.15, 0.2) is 0 Å². The Labute approximate surface area is 178 Å². The van der Waals surface area contributed by atoms with E-state index in [0.717, 1.165) is 27.7 Å². The van der Waals surface area contributed by atoms with Gasteiger partial charge < -0.3 is 21.1 Å². The lowest BCUT2D eigenvalue weighted by molar-refractivity contribution is -0.146. The van der Waals surface area contributed by atoms with Crippen LogP contribution in [0.5, 0.6) is 0 Å². The van der Waals surface area contributed by atoms with E-state index in [4.69, 9.17) is 5.73 Å². The number of aliphatic carboxylic acids is 1. The summed E-state index contributed by atoms with van der Waals surface area (Å²) < 4.78 is 0. The number of primary amides is 1. The molecule has 0 radical (unpaired) electrons. The van der Waals surface area contributed by atoms with Gasteiger partial charge in [-0.2, -0.15) is 0 Å². The van der Waals surface area contributed by atoms with Crippen molar-refractivity contribution in [3.8, 4) is 0 Å². The molecule has 1 aliphatic heterocycles. The number of hydrogen-bond donors (Lipinski definition) is 5. The second-order valence-corrected chi connectivity index (χ2v) is 7.79. The van der Waals surface area contributed by atoms with Crippen LogP contribution in [0.2, 0.25) is 0 Å². The predicted octanol–water partition coefficient (Wildman–Crippen LogP) is 1.10. The lowest BCUT2D eigenvalue weighted by Crippen LogP contribution is -2.56.